The summed E-state index contributed by atoms with van der Waals surface area (Å²) >= 11 is 0. The van der Waals surface area contributed by atoms with Crippen LogP contribution in [0, 0.1) is 5.92 Å². The molecule has 0 spiro atoms. The van der Waals surface area contributed by atoms with Crippen LogP contribution in [0.3, 0.4) is 0 Å². The molecule has 3 aliphatic rings. The van der Waals surface area contributed by atoms with Crippen LogP contribution < -0.4 is 16.0 Å². The molecule has 1 saturated heterocycles. The van der Waals surface area contributed by atoms with Crippen molar-refractivity contribution in [1.29, 1.82) is 0 Å². The zero-order valence-electron chi connectivity index (χ0n) is 21.1. The number of carbonyl (C=O) groups excluding carboxylic acids is 3. The Bertz CT molecular complexity index is 1220. The van der Waals surface area contributed by atoms with Crippen molar-refractivity contribution in [3.8, 4) is 0 Å². The summed E-state index contributed by atoms with van der Waals surface area (Å²) in [5.41, 5.74) is 2.72. The van der Waals surface area contributed by atoms with Gasteiger partial charge in [0.05, 0.1) is 6.54 Å². The van der Waals surface area contributed by atoms with Crippen molar-refractivity contribution in [1.82, 2.24) is 25.3 Å². The Balaban J connectivity index is 1.27. The predicted octanol–water partition coefficient (Wildman–Crippen LogP) is 3.16. The van der Waals surface area contributed by atoms with Crippen molar-refractivity contribution < 1.29 is 27.6 Å². The Morgan fingerprint density at radius 2 is 1.84 bits per heavy atom. The first-order chi connectivity index (χ1) is 18.1. The van der Waals surface area contributed by atoms with Crippen molar-refractivity contribution in [2.24, 2.45) is 13.0 Å². The van der Waals surface area contributed by atoms with Crippen molar-refractivity contribution in [2.45, 2.75) is 69.2 Å². The van der Waals surface area contributed by atoms with Crippen LogP contribution in [0.2, 0.25) is 0 Å². The van der Waals surface area contributed by atoms with Gasteiger partial charge in [-0.15, -0.1) is 0 Å². The molecule has 3 N–H and O–H groups in total. The number of aromatic nitrogens is 2. The molecule has 2 aliphatic carbocycles. The number of anilines is 1. The van der Waals surface area contributed by atoms with E-state index in [4.69, 9.17) is 0 Å². The molecule has 5 rings (SSSR count). The molecule has 0 radical (unpaired) electrons. The molecule has 2 fully saturated rings. The van der Waals surface area contributed by atoms with Gasteiger partial charge < -0.3 is 20.9 Å². The normalized spacial score (nSPS) is 22.6. The second-order valence-electron chi connectivity index (χ2n) is 10.4. The summed E-state index contributed by atoms with van der Waals surface area (Å²) in [4.78, 5) is 39.8. The van der Waals surface area contributed by atoms with Crippen LogP contribution in [0.15, 0.2) is 30.5 Å². The Morgan fingerprint density at radius 3 is 2.50 bits per heavy atom. The van der Waals surface area contributed by atoms with Crippen LogP contribution in [0.4, 0.5) is 23.7 Å². The van der Waals surface area contributed by atoms with Gasteiger partial charge in [-0.05, 0) is 60.9 Å². The average Bonchev–Trinajstić information content (AvgIpc) is 3.60. The zero-order chi connectivity index (χ0) is 27.0. The largest absolute Gasteiger partial charge is 0.410 e. The number of carbonyl (C=O) groups is 3. The summed E-state index contributed by atoms with van der Waals surface area (Å²) in [6, 6.07) is 3.32. The molecule has 1 saturated carbocycles. The number of aryl methyl sites for hydroxylation is 1. The fourth-order valence-electron chi connectivity index (χ4n) is 5.85. The van der Waals surface area contributed by atoms with E-state index in [1.165, 1.54) is 15.8 Å². The van der Waals surface area contributed by atoms with E-state index < -0.39 is 30.8 Å². The van der Waals surface area contributed by atoms with Gasteiger partial charge in [0.2, 0.25) is 5.91 Å². The van der Waals surface area contributed by atoms with E-state index in [-0.39, 0.29) is 23.8 Å². The van der Waals surface area contributed by atoms with E-state index in [1.807, 2.05) is 17.4 Å². The van der Waals surface area contributed by atoms with E-state index in [9.17, 15) is 27.6 Å². The minimum atomic E-state index is -4.49. The quantitative estimate of drug-likeness (QED) is 0.531. The molecule has 4 amide bonds. The molecule has 0 bridgehead atoms. The van der Waals surface area contributed by atoms with Crippen LogP contribution in [0.5, 0.6) is 0 Å². The predicted molar refractivity (Wildman–Crippen MR) is 132 cm³/mol. The van der Waals surface area contributed by atoms with Gasteiger partial charge in [-0.1, -0.05) is 25.3 Å². The molecule has 12 heteroatoms. The lowest BCUT2D eigenvalue weighted by atomic mass is 9.83. The number of nitrogens with one attached hydrogen (secondary N) is 3. The van der Waals surface area contributed by atoms with Crippen LogP contribution >= 0.6 is 0 Å². The van der Waals surface area contributed by atoms with Gasteiger partial charge in [-0.25, -0.2) is 4.79 Å². The van der Waals surface area contributed by atoms with Gasteiger partial charge in [-0.2, -0.15) is 18.3 Å². The Kier molecular flexibility index (Phi) is 7.06. The number of amides is 4. The van der Waals surface area contributed by atoms with Gasteiger partial charge in [0.15, 0.2) is 0 Å². The first-order valence-electron chi connectivity index (χ1n) is 13.0. The van der Waals surface area contributed by atoms with Crippen molar-refractivity contribution in [2.75, 3.05) is 11.9 Å². The number of alkyl halides is 3. The highest BCUT2D eigenvalue weighted by Gasteiger charge is 2.49. The smallest absolute Gasteiger partial charge is 0.339 e. The molecule has 1 aromatic heterocycles. The van der Waals surface area contributed by atoms with E-state index in [1.54, 1.807) is 19.2 Å². The van der Waals surface area contributed by atoms with Gasteiger partial charge >= 0.3 is 12.2 Å². The van der Waals surface area contributed by atoms with Gasteiger partial charge in [0.25, 0.3) is 5.91 Å². The maximum absolute atomic E-state index is 13.4. The third-order valence-corrected chi connectivity index (χ3v) is 7.90. The third-order valence-electron chi connectivity index (χ3n) is 7.90. The van der Waals surface area contributed by atoms with Crippen molar-refractivity contribution in [3.05, 3.63) is 47.3 Å². The number of hydrogen-bond acceptors (Lipinski definition) is 4. The molecule has 204 valence electrons. The van der Waals surface area contributed by atoms with E-state index in [2.05, 4.69) is 15.7 Å². The summed E-state index contributed by atoms with van der Waals surface area (Å²) in [5.74, 6) is -0.669. The molecule has 2 aromatic rings. The molecule has 2 heterocycles. The number of fused-ring (bicyclic) bond motifs is 1. The fraction of sp³-hybridized carbons (Fsp3) is 0.538. The number of urea groups is 1. The second kappa shape index (κ2) is 10.3. The highest BCUT2D eigenvalue weighted by molar-refractivity contribution is 6.00. The standard InChI is InChI=1S/C26H31F3N6O3/c1-34-20(9-10-30-34)23(36)33-22(15-5-3-2-4-6-15)24(37)31-18-8-7-16-12-19(13-17(16)11-18)35-14-21(26(27,28)29)32-25(35)38/h7-11,15,19,21-22H,2-6,12-14H2,1H3,(H,31,37)(H,32,38)(H,33,36)/t19?,21-,22-/m0/s1. The maximum Gasteiger partial charge on any atom is 0.410 e. The molecule has 3 atom stereocenters. The van der Waals surface area contributed by atoms with Crippen molar-refractivity contribution in [3.63, 3.8) is 0 Å². The summed E-state index contributed by atoms with van der Waals surface area (Å²) < 4.78 is 40.8. The Labute approximate surface area is 218 Å². The highest BCUT2D eigenvalue weighted by Crippen LogP contribution is 2.33. The van der Waals surface area contributed by atoms with Gasteiger partial charge in [-0.3, -0.25) is 14.3 Å². The number of hydrogen-bond donors (Lipinski definition) is 3. The topological polar surface area (TPSA) is 108 Å². The molecule has 1 aromatic carbocycles. The highest BCUT2D eigenvalue weighted by atomic mass is 19.4. The number of benzene rings is 1. The van der Waals surface area contributed by atoms with Gasteiger partial charge in [0.1, 0.15) is 17.8 Å². The maximum atomic E-state index is 13.4. The van der Waals surface area contributed by atoms with E-state index in [0.717, 1.165) is 43.2 Å². The lowest BCUT2D eigenvalue weighted by Gasteiger charge is -2.30. The van der Waals surface area contributed by atoms with Gasteiger partial charge in [0, 0.05) is 25.0 Å². The van der Waals surface area contributed by atoms with E-state index >= 15 is 0 Å². The van der Waals surface area contributed by atoms with E-state index in [0.29, 0.717) is 24.2 Å². The van der Waals surface area contributed by atoms with Crippen LogP contribution in [0.1, 0.15) is 53.7 Å². The van der Waals surface area contributed by atoms with Crippen molar-refractivity contribution >= 4 is 23.5 Å². The monoisotopic (exact) mass is 532 g/mol. The first kappa shape index (κ1) is 26.1. The molecule has 1 unspecified atom stereocenters. The number of rotatable bonds is 6. The molecular formula is C26H31F3N6O3. The lowest BCUT2D eigenvalue weighted by Crippen LogP contribution is -2.49. The number of halogens is 3. The average molecular weight is 533 g/mol. The van der Waals surface area contributed by atoms with Crippen LogP contribution in [-0.4, -0.2) is 63.4 Å². The fourth-order valence-corrected chi connectivity index (χ4v) is 5.85. The second-order valence-corrected chi connectivity index (χ2v) is 10.4. The number of nitrogens with zero attached hydrogens (tertiary/aromatic N) is 3. The lowest BCUT2D eigenvalue weighted by molar-refractivity contribution is -0.150. The zero-order valence-corrected chi connectivity index (χ0v) is 21.1. The summed E-state index contributed by atoms with van der Waals surface area (Å²) in [5, 5.41) is 11.9. The summed E-state index contributed by atoms with van der Waals surface area (Å²) in [7, 11) is 1.66. The minimum Gasteiger partial charge on any atom is -0.339 e. The first-order valence-corrected chi connectivity index (χ1v) is 13.0. The Hall–Kier alpha value is -3.57. The molecule has 9 nitrogen and oxygen atoms in total. The minimum absolute atomic E-state index is 0.00925. The molecular weight excluding hydrogens is 501 g/mol. The summed E-state index contributed by atoms with van der Waals surface area (Å²) in [6.45, 7) is -0.413. The molecule has 38 heavy (non-hydrogen) atoms. The molecule has 1 aliphatic heterocycles. The Morgan fingerprint density at radius 1 is 1.11 bits per heavy atom. The van der Waals surface area contributed by atoms with Crippen LogP contribution in [0.25, 0.3) is 0 Å². The van der Waals surface area contributed by atoms with Crippen LogP contribution in [-0.2, 0) is 24.7 Å². The summed E-state index contributed by atoms with van der Waals surface area (Å²) in [6.07, 6.45) is 2.66. The third kappa shape index (κ3) is 5.34. The SMILES string of the molecule is Cn1nccc1C(=O)N[C@H](C(=O)Nc1ccc2c(c1)CC(N1C[C@@H](C(F)(F)F)NC1=O)C2)C1CCCCC1.